The molecular weight excluding hydrogens is 432 g/mol. The molecule has 0 aromatic heterocycles. The summed E-state index contributed by atoms with van der Waals surface area (Å²) in [5.74, 6) is 0.247. The molecule has 0 atom stereocenters. The molecule has 1 N–H and O–H groups in total. The SMILES string of the molecule is COCCCNC(=O)CN1CN(c2ccccc2)C2(CCN(C(=O)C3CCCCC3)CC2)C1=O. The van der Waals surface area contributed by atoms with Crippen LogP contribution in [0.15, 0.2) is 30.3 Å². The Kier molecular flexibility index (Phi) is 8.08. The first-order chi connectivity index (χ1) is 16.5. The summed E-state index contributed by atoms with van der Waals surface area (Å²) in [6.45, 7) is 2.71. The molecule has 1 aromatic rings. The number of likely N-dealkylation sites (tertiary alicyclic amines) is 1. The van der Waals surface area contributed by atoms with Gasteiger partial charge in [-0.3, -0.25) is 14.4 Å². The van der Waals surface area contributed by atoms with Crippen LogP contribution in [0.4, 0.5) is 5.69 Å². The Hall–Kier alpha value is -2.61. The molecule has 2 heterocycles. The van der Waals surface area contributed by atoms with Crippen molar-refractivity contribution in [2.24, 2.45) is 5.92 Å². The summed E-state index contributed by atoms with van der Waals surface area (Å²) in [4.78, 5) is 45.1. The molecule has 34 heavy (non-hydrogen) atoms. The highest BCUT2D eigenvalue weighted by molar-refractivity contribution is 5.96. The van der Waals surface area contributed by atoms with E-state index in [1.54, 1.807) is 12.0 Å². The van der Waals surface area contributed by atoms with Crippen LogP contribution in [0.3, 0.4) is 0 Å². The number of amides is 3. The smallest absolute Gasteiger partial charge is 0.250 e. The molecular formula is C26H38N4O4. The second-order valence-electron chi connectivity index (χ2n) is 9.80. The van der Waals surface area contributed by atoms with Gasteiger partial charge in [0.15, 0.2) is 0 Å². The molecule has 4 rings (SSSR count). The molecule has 3 aliphatic rings. The van der Waals surface area contributed by atoms with E-state index in [4.69, 9.17) is 4.74 Å². The summed E-state index contributed by atoms with van der Waals surface area (Å²) < 4.78 is 5.03. The predicted molar refractivity (Wildman–Crippen MR) is 130 cm³/mol. The Morgan fingerprint density at radius 1 is 1.09 bits per heavy atom. The number of para-hydroxylation sites is 1. The van der Waals surface area contributed by atoms with Gasteiger partial charge in [0, 0.05) is 45.0 Å². The largest absolute Gasteiger partial charge is 0.385 e. The lowest BCUT2D eigenvalue weighted by atomic mass is 9.83. The number of benzene rings is 1. The van der Waals surface area contributed by atoms with Crippen LogP contribution in [-0.2, 0) is 19.1 Å². The number of hydrogen-bond acceptors (Lipinski definition) is 5. The van der Waals surface area contributed by atoms with Crippen LogP contribution in [0.5, 0.6) is 0 Å². The molecule has 2 saturated heterocycles. The van der Waals surface area contributed by atoms with Crippen molar-refractivity contribution in [3.63, 3.8) is 0 Å². The van der Waals surface area contributed by atoms with E-state index >= 15 is 0 Å². The zero-order valence-corrected chi connectivity index (χ0v) is 20.3. The molecule has 2 aliphatic heterocycles. The molecule has 0 radical (unpaired) electrons. The minimum Gasteiger partial charge on any atom is -0.385 e. The summed E-state index contributed by atoms with van der Waals surface area (Å²) in [6.07, 6.45) is 7.39. The second-order valence-corrected chi connectivity index (χ2v) is 9.80. The van der Waals surface area contributed by atoms with Crippen molar-refractivity contribution in [2.45, 2.75) is 56.9 Å². The van der Waals surface area contributed by atoms with Gasteiger partial charge in [-0.25, -0.2) is 0 Å². The minimum absolute atomic E-state index is 0.00633. The Labute approximate surface area is 202 Å². The average Bonchev–Trinajstić information content (AvgIpc) is 3.14. The molecule has 1 aliphatic carbocycles. The summed E-state index contributed by atoms with van der Waals surface area (Å²) in [5.41, 5.74) is 0.270. The van der Waals surface area contributed by atoms with Crippen LogP contribution in [0, 0.1) is 5.92 Å². The zero-order valence-electron chi connectivity index (χ0n) is 20.3. The normalized spacial score (nSPS) is 20.7. The quantitative estimate of drug-likeness (QED) is 0.590. The molecule has 1 saturated carbocycles. The van der Waals surface area contributed by atoms with E-state index in [0.717, 1.165) is 37.8 Å². The number of nitrogens with one attached hydrogen (secondary N) is 1. The maximum absolute atomic E-state index is 13.7. The van der Waals surface area contributed by atoms with Crippen molar-refractivity contribution in [2.75, 3.05) is 51.5 Å². The lowest BCUT2D eigenvalue weighted by Crippen LogP contribution is -2.58. The van der Waals surface area contributed by atoms with Crippen LogP contribution >= 0.6 is 0 Å². The summed E-state index contributed by atoms with van der Waals surface area (Å²) in [5, 5.41) is 2.88. The van der Waals surface area contributed by atoms with Gasteiger partial charge in [-0.05, 0) is 44.2 Å². The number of piperidine rings is 1. The van der Waals surface area contributed by atoms with E-state index in [1.165, 1.54) is 6.42 Å². The van der Waals surface area contributed by atoms with Gasteiger partial charge < -0.3 is 24.8 Å². The molecule has 0 unspecified atom stereocenters. The number of ether oxygens (including phenoxy) is 1. The van der Waals surface area contributed by atoms with E-state index < -0.39 is 5.54 Å². The maximum Gasteiger partial charge on any atom is 0.250 e. The lowest BCUT2D eigenvalue weighted by Gasteiger charge is -2.44. The molecule has 1 spiro atoms. The third-order valence-corrected chi connectivity index (χ3v) is 7.62. The van der Waals surface area contributed by atoms with Crippen LogP contribution < -0.4 is 10.2 Å². The fraction of sp³-hybridized carbons (Fsp3) is 0.654. The van der Waals surface area contributed by atoms with E-state index in [2.05, 4.69) is 10.2 Å². The number of carbonyl (C=O) groups excluding carboxylic acids is 3. The number of methoxy groups -OCH3 is 1. The molecule has 0 bridgehead atoms. The molecule has 8 nitrogen and oxygen atoms in total. The Morgan fingerprint density at radius 3 is 2.47 bits per heavy atom. The Morgan fingerprint density at radius 2 is 1.79 bits per heavy atom. The first kappa shape index (κ1) is 24.5. The monoisotopic (exact) mass is 470 g/mol. The Balaban J connectivity index is 1.45. The number of nitrogens with zero attached hydrogens (tertiary/aromatic N) is 3. The van der Waals surface area contributed by atoms with Gasteiger partial charge in [0.05, 0.1) is 6.67 Å². The minimum atomic E-state index is -0.707. The van der Waals surface area contributed by atoms with Crippen molar-refractivity contribution < 1.29 is 19.1 Å². The summed E-state index contributed by atoms with van der Waals surface area (Å²) >= 11 is 0. The number of anilines is 1. The number of hydrogen-bond donors (Lipinski definition) is 1. The van der Waals surface area contributed by atoms with Crippen LogP contribution in [0.2, 0.25) is 0 Å². The van der Waals surface area contributed by atoms with Gasteiger partial charge in [-0.1, -0.05) is 37.5 Å². The first-order valence-electron chi connectivity index (χ1n) is 12.7. The number of carbonyl (C=O) groups is 3. The summed E-state index contributed by atoms with van der Waals surface area (Å²) in [6, 6.07) is 9.94. The summed E-state index contributed by atoms with van der Waals surface area (Å²) in [7, 11) is 1.64. The third kappa shape index (κ3) is 5.22. The zero-order chi connectivity index (χ0) is 24.0. The van der Waals surface area contributed by atoms with Gasteiger partial charge in [-0.15, -0.1) is 0 Å². The van der Waals surface area contributed by atoms with Gasteiger partial charge in [0.2, 0.25) is 11.8 Å². The van der Waals surface area contributed by atoms with Crippen molar-refractivity contribution in [1.82, 2.24) is 15.1 Å². The highest BCUT2D eigenvalue weighted by Crippen LogP contribution is 2.40. The van der Waals surface area contributed by atoms with Crippen LogP contribution in [0.25, 0.3) is 0 Å². The topological polar surface area (TPSA) is 82.2 Å². The predicted octanol–water partition coefficient (Wildman–Crippen LogP) is 2.39. The molecule has 186 valence electrons. The Bertz CT molecular complexity index is 848. The molecule has 1 aromatic carbocycles. The highest BCUT2D eigenvalue weighted by atomic mass is 16.5. The van der Waals surface area contributed by atoms with Crippen molar-refractivity contribution in [3.8, 4) is 0 Å². The number of rotatable bonds is 8. The lowest BCUT2D eigenvalue weighted by molar-refractivity contribution is -0.142. The van der Waals surface area contributed by atoms with E-state index in [-0.39, 0.29) is 30.2 Å². The van der Waals surface area contributed by atoms with Crippen molar-refractivity contribution >= 4 is 23.4 Å². The van der Waals surface area contributed by atoms with Crippen LogP contribution in [-0.4, -0.2) is 79.6 Å². The van der Waals surface area contributed by atoms with Gasteiger partial charge in [0.1, 0.15) is 12.1 Å². The van der Waals surface area contributed by atoms with Gasteiger partial charge in [0.25, 0.3) is 5.91 Å². The fourth-order valence-electron chi connectivity index (χ4n) is 5.70. The van der Waals surface area contributed by atoms with Gasteiger partial charge in [-0.2, -0.15) is 0 Å². The van der Waals surface area contributed by atoms with E-state index in [0.29, 0.717) is 45.8 Å². The van der Waals surface area contributed by atoms with Crippen molar-refractivity contribution in [1.29, 1.82) is 0 Å². The molecule has 3 amide bonds. The van der Waals surface area contributed by atoms with Gasteiger partial charge >= 0.3 is 0 Å². The maximum atomic E-state index is 13.7. The highest BCUT2D eigenvalue weighted by Gasteiger charge is 2.54. The van der Waals surface area contributed by atoms with Crippen molar-refractivity contribution in [3.05, 3.63) is 30.3 Å². The molecule has 3 fully saturated rings. The molecule has 8 heteroatoms. The third-order valence-electron chi connectivity index (χ3n) is 7.62. The second kappa shape index (κ2) is 11.2. The van der Waals surface area contributed by atoms with Crippen LogP contribution in [0.1, 0.15) is 51.4 Å². The first-order valence-corrected chi connectivity index (χ1v) is 12.7. The fourth-order valence-corrected chi connectivity index (χ4v) is 5.70. The van der Waals surface area contributed by atoms with E-state index in [9.17, 15) is 14.4 Å². The van der Waals surface area contributed by atoms with E-state index in [1.807, 2.05) is 35.2 Å². The standard InChI is InChI=1S/C26H38N4O4/c1-34-18-8-15-27-23(31)19-29-20-30(22-11-6-3-7-12-22)26(25(29)33)13-16-28(17-14-26)24(32)21-9-4-2-5-10-21/h3,6-7,11-12,21H,2,4-5,8-10,13-20H2,1H3,(H,27,31). The average molecular weight is 471 g/mol.